The quantitative estimate of drug-likeness (QED) is 0.327. The predicted octanol–water partition coefficient (Wildman–Crippen LogP) is 5.15. The first-order valence-corrected chi connectivity index (χ1v) is 16.8. The zero-order valence-corrected chi connectivity index (χ0v) is 26.1. The molecular formula is C32H42ClFN3O4S+. The molecule has 0 aromatic heterocycles. The maximum atomic E-state index is 15.4. The first-order valence-electron chi connectivity index (χ1n) is 14.8. The van der Waals surface area contributed by atoms with E-state index in [4.69, 9.17) is 16.3 Å². The van der Waals surface area contributed by atoms with Gasteiger partial charge < -0.3 is 10.1 Å². The number of hydrogen-bond acceptors (Lipinski definition) is 5. The van der Waals surface area contributed by atoms with Crippen LogP contribution < -0.4 is 5.32 Å². The number of sulfonamides is 1. The summed E-state index contributed by atoms with van der Waals surface area (Å²) in [4.78, 5) is 16.2. The Morgan fingerprint density at radius 1 is 1.26 bits per heavy atom. The molecule has 0 saturated carbocycles. The molecule has 5 rings (SSSR count). The van der Waals surface area contributed by atoms with Crippen molar-refractivity contribution in [2.45, 2.75) is 56.0 Å². The molecule has 4 unspecified atom stereocenters. The van der Waals surface area contributed by atoms with Crippen molar-refractivity contribution in [1.82, 2.24) is 4.90 Å². The van der Waals surface area contributed by atoms with Crippen molar-refractivity contribution in [2.75, 3.05) is 51.5 Å². The molecule has 3 heterocycles. The minimum absolute atomic E-state index is 0.0115. The van der Waals surface area contributed by atoms with E-state index in [-0.39, 0.29) is 27.6 Å². The van der Waals surface area contributed by atoms with Gasteiger partial charge in [-0.25, -0.2) is 8.28 Å². The summed E-state index contributed by atoms with van der Waals surface area (Å²) >= 11 is 6.17. The van der Waals surface area contributed by atoms with Gasteiger partial charge >= 0.3 is 0 Å². The van der Waals surface area contributed by atoms with Crippen LogP contribution in [0.5, 0.6) is 0 Å². The van der Waals surface area contributed by atoms with Gasteiger partial charge in [-0.2, -0.15) is 8.42 Å². The molecule has 2 aromatic rings. The van der Waals surface area contributed by atoms with E-state index in [1.807, 2.05) is 31.3 Å². The third kappa shape index (κ3) is 5.78. The van der Waals surface area contributed by atoms with Crippen LogP contribution in [0.3, 0.4) is 0 Å². The van der Waals surface area contributed by atoms with Crippen LogP contribution in [0, 0.1) is 11.7 Å². The van der Waals surface area contributed by atoms with E-state index < -0.39 is 27.2 Å². The van der Waals surface area contributed by atoms with Crippen molar-refractivity contribution in [1.29, 1.82) is 0 Å². The lowest BCUT2D eigenvalue weighted by atomic mass is 9.65. The Bertz CT molecular complexity index is 1410. The number of likely N-dealkylation sites (N-methyl/N-ethyl adjacent to an activating group) is 2. The highest BCUT2D eigenvalue weighted by atomic mass is 35.5. The number of halogens is 2. The second-order valence-electron chi connectivity index (χ2n) is 12.3. The van der Waals surface area contributed by atoms with Gasteiger partial charge in [-0.05, 0) is 69.0 Å². The standard InChI is InChI=1S/C32H41ClFN3O4S/c1-4-28(32(16-18-41-19-17-32)23-10-12-24(33)13-11-23)31(38)35-30-9-5-8-29(34)27(30)15-14-26-21-36(2)25-7-6-20-42(39,40)37(26,3)22-25/h4-5,8-13,25-26,28H,1,6-7,14-22H2,2-3H3/p+1. The van der Waals surface area contributed by atoms with Gasteiger partial charge in [-0.1, -0.05) is 35.9 Å². The molecule has 7 nitrogen and oxygen atoms in total. The highest BCUT2D eigenvalue weighted by Crippen LogP contribution is 2.43. The molecule has 0 radical (unpaired) electrons. The molecular weight excluding hydrogens is 577 g/mol. The zero-order chi connectivity index (χ0) is 30.1. The van der Waals surface area contributed by atoms with Gasteiger partial charge in [0.1, 0.15) is 24.2 Å². The fraction of sp³-hybridized carbons (Fsp3) is 0.531. The monoisotopic (exact) mass is 618 g/mol. The summed E-state index contributed by atoms with van der Waals surface area (Å²) in [6.07, 6.45) is 5.27. The van der Waals surface area contributed by atoms with Crippen LogP contribution in [0.1, 0.15) is 43.2 Å². The third-order valence-corrected chi connectivity index (χ3v) is 12.8. The van der Waals surface area contributed by atoms with Crippen molar-refractivity contribution >= 4 is 33.2 Å². The number of rotatable bonds is 8. The molecule has 2 aromatic carbocycles. The summed E-state index contributed by atoms with van der Waals surface area (Å²) in [6, 6.07) is 12.3. The summed E-state index contributed by atoms with van der Waals surface area (Å²) in [7, 11) is 0.526. The first-order chi connectivity index (χ1) is 20.0. The van der Waals surface area contributed by atoms with Gasteiger partial charge in [0.2, 0.25) is 5.91 Å². The number of amides is 1. The molecule has 3 aliphatic rings. The number of carbonyl (C=O) groups excluding carboxylic acids is 1. The van der Waals surface area contributed by atoms with Crippen LogP contribution in [0.25, 0.3) is 0 Å². The first kappa shape index (κ1) is 31.1. The number of piperazine rings is 1. The third-order valence-electron chi connectivity index (χ3n) is 10.1. The van der Waals surface area contributed by atoms with Crippen molar-refractivity contribution in [3.05, 3.63) is 77.1 Å². The highest BCUT2D eigenvalue weighted by Gasteiger charge is 2.52. The van der Waals surface area contributed by atoms with Gasteiger partial charge in [0, 0.05) is 41.3 Å². The van der Waals surface area contributed by atoms with Crippen LogP contribution >= 0.6 is 11.6 Å². The molecule has 1 amide bonds. The second-order valence-corrected chi connectivity index (χ2v) is 15.2. The summed E-state index contributed by atoms with van der Waals surface area (Å²) < 4.78 is 47.8. The number of fused-ring (bicyclic) bond motifs is 2. The van der Waals surface area contributed by atoms with Crippen molar-refractivity contribution in [2.24, 2.45) is 5.92 Å². The van der Waals surface area contributed by atoms with Crippen LogP contribution in [-0.2, 0) is 31.4 Å². The Balaban J connectivity index is 1.40. The van der Waals surface area contributed by atoms with Crippen LogP contribution in [0.15, 0.2) is 55.1 Å². The number of carbonyl (C=O) groups is 1. The lowest BCUT2D eigenvalue weighted by molar-refractivity contribution is -0.822. The van der Waals surface area contributed by atoms with E-state index in [0.717, 1.165) is 12.0 Å². The Kier molecular flexibility index (Phi) is 9.17. The number of hydrogen-bond donors (Lipinski definition) is 1. The van der Waals surface area contributed by atoms with Gasteiger partial charge in [0.25, 0.3) is 10.0 Å². The van der Waals surface area contributed by atoms with Gasteiger partial charge in [-0.3, -0.25) is 9.69 Å². The van der Waals surface area contributed by atoms with Crippen LogP contribution in [0.4, 0.5) is 10.1 Å². The lowest BCUT2D eigenvalue weighted by Gasteiger charge is -2.48. The normalized spacial score (nSPS) is 27.9. The van der Waals surface area contributed by atoms with E-state index in [0.29, 0.717) is 74.7 Å². The van der Waals surface area contributed by atoms with E-state index >= 15 is 4.39 Å². The predicted molar refractivity (Wildman–Crippen MR) is 164 cm³/mol. The average molecular weight is 619 g/mol. The molecule has 3 fully saturated rings. The Morgan fingerprint density at radius 3 is 2.67 bits per heavy atom. The minimum atomic E-state index is -3.35. The Hall–Kier alpha value is -2.30. The molecule has 0 spiro atoms. The molecule has 1 N–H and O–H groups in total. The smallest absolute Gasteiger partial charge is 0.297 e. The van der Waals surface area contributed by atoms with Crippen LogP contribution in [0.2, 0.25) is 5.02 Å². The van der Waals surface area contributed by atoms with Gasteiger partial charge in [0.15, 0.2) is 0 Å². The van der Waals surface area contributed by atoms with E-state index in [1.165, 1.54) is 6.07 Å². The fourth-order valence-corrected chi connectivity index (χ4v) is 9.52. The van der Waals surface area contributed by atoms with Crippen molar-refractivity contribution < 1.29 is 26.2 Å². The maximum absolute atomic E-state index is 15.4. The van der Waals surface area contributed by atoms with Crippen molar-refractivity contribution in [3.63, 3.8) is 0 Å². The molecule has 0 aliphatic carbocycles. The largest absolute Gasteiger partial charge is 0.381 e. The molecule has 42 heavy (non-hydrogen) atoms. The molecule has 4 atom stereocenters. The second kappa shape index (κ2) is 12.4. The molecule has 3 aliphatic heterocycles. The van der Waals surface area contributed by atoms with E-state index in [2.05, 4.69) is 23.8 Å². The molecule has 10 heteroatoms. The average Bonchev–Trinajstić information content (AvgIpc) is 3.06. The summed E-state index contributed by atoms with van der Waals surface area (Å²) in [5, 5.41) is 3.65. The van der Waals surface area contributed by atoms with E-state index in [9.17, 15) is 13.2 Å². The summed E-state index contributed by atoms with van der Waals surface area (Å²) in [5.41, 5.74) is 1.26. The van der Waals surface area contributed by atoms with Crippen molar-refractivity contribution in [3.8, 4) is 0 Å². The van der Waals surface area contributed by atoms with Gasteiger partial charge in [-0.15, -0.1) is 6.58 Å². The number of anilines is 1. The number of nitrogens with zero attached hydrogens (tertiary/aromatic N) is 2. The number of nitrogens with one attached hydrogen (secondary N) is 1. The summed E-state index contributed by atoms with van der Waals surface area (Å²) in [6.45, 7) is 6.23. The summed E-state index contributed by atoms with van der Waals surface area (Å²) in [5.74, 6) is -1.09. The topological polar surface area (TPSA) is 75.7 Å². The van der Waals surface area contributed by atoms with Crippen LogP contribution in [-0.4, -0.2) is 81.3 Å². The minimum Gasteiger partial charge on any atom is -0.381 e. The highest BCUT2D eigenvalue weighted by molar-refractivity contribution is 7.85. The zero-order valence-electron chi connectivity index (χ0n) is 24.5. The van der Waals surface area contributed by atoms with Gasteiger partial charge in [0.05, 0.1) is 25.6 Å². The van der Waals surface area contributed by atoms with E-state index in [1.54, 1.807) is 18.2 Å². The molecule has 2 bridgehead atoms. The number of quaternary nitrogens is 1. The lowest BCUT2D eigenvalue weighted by Crippen LogP contribution is -2.67. The Morgan fingerprint density at radius 2 is 1.98 bits per heavy atom. The fourth-order valence-electron chi connectivity index (χ4n) is 7.42. The maximum Gasteiger partial charge on any atom is 0.297 e. The number of benzene rings is 2. The SMILES string of the molecule is C=CC(C(=O)Nc1cccc(F)c1CCC1CN(C)C2CCCS(=O)(=O)[N+]1(C)C2)C1(c2ccc(Cl)cc2)CCOCC1. The Labute approximate surface area is 254 Å². The molecule has 228 valence electrons. The molecule has 3 saturated heterocycles. The number of ether oxygens (including phenoxy) is 1.